The molecule has 0 aliphatic rings. The molecule has 100 valence electrons. The van der Waals surface area contributed by atoms with Gasteiger partial charge in [0.05, 0.1) is 0 Å². The molecule has 1 aromatic rings. The molecule has 0 unspecified atom stereocenters. The fourth-order valence-electron chi connectivity index (χ4n) is 1.77. The largest absolute Gasteiger partial charge is 0.336 e. The lowest BCUT2D eigenvalue weighted by atomic mass is 10.1. The molecule has 1 rings (SSSR count). The van der Waals surface area contributed by atoms with E-state index in [4.69, 9.17) is 11.6 Å². The zero-order chi connectivity index (χ0) is 13.7. The highest BCUT2D eigenvalue weighted by molar-refractivity contribution is 9.10. The van der Waals surface area contributed by atoms with Gasteiger partial charge in [-0.15, -0.1) is 11.6 Å². The summed E-state index contributed by atoms with van der Waals surface area (Å²) in [5, 5.41) is 0. The Morgan fingerprint density at radius 2 is 2.11 bits per heavy atom. The summed E-state index contributed by atoms with van der Waals surface area (Å²) < 4.78 is 1.02. The molecule has 1 amide bonds. The van der Waals surface area contributed by atoms with Gasteiger partial charge in [-0.2, -0.15) is 0 Å². The first-order valence-corrected chi connectivity index (χ1v) is 7.43. The van der Waals surface area contributed by atoms with Gasteiger partial charge < -0.3 is 4.90 Å². The van der Waals surface area contributed by atoms with E-state index in [1.807, 2.05) is 43.9 Å². The van der Waals surface area contributed by atoms with E-state index < -0.39 is 0 Å². The Morgan fingerprint density at radius 3 is 2.61 bits per heavy atom. The van der Waals surface area contributed by atoms with Crippen LogP contribution in [0.1, 0.15) is 36.2 Å². The predicted octanol–water partition coefficient (Wildman–Crippen LogP) is 4.24. The van der Waals surface area contributed by atoms with Crippen LogP contribution in [0.15, 0.2) is 22.7 Å². The smallest absolute Gasteiger partial charge is 0.254 e. The molecule has 0 aliphatic heterocycles. The van der Waals surface area contributed by atoms with Crippen LogP contribution in [0, 0.1) is 6.92 Å². The van der Waals surface area contributed by atoms with Crippen molar-refractivity contribution in [2.75, 3.05) is 12.4 Å². The maximum absolute atomic E-state index is 12.4. The van der Waals surface area contributed by atoms with Crippen LogP contribution in [0.25, 0.3) is 0 Å². The fraction of sp³-hybridized carbons (Fsp3) is 0.500. The minimum atomic E-state index is 0.0747. The van der Waals surface area contributed by atoms with Crippen LogP contribution in [0.2, 0.25) is 0 Å². The molecule has 4 heteroatoms. The Bertz CT molecular complexity index is 420. The molecule has 0 saturated carbocycles. The molecule has 0 fully saturated rings. The first-order chi connectivity index (χ1) is 8.47. The third-order valence-electron chi connectivity index (χ3n) is 2.82. The summed E-state index contributed by atoms with van der Waals surface area (Å²) in [7, 11) is 0. The number of alkyl halides is 1. The van der Waals surface area contributed by atoms with Gasteiger partial charge >= 0.3 is 0 Å². The van der Waals surface area contributed by atoms with Gasteiger partial charge in [0.2, 0.25) is 0 Å². The SMILES string of the molecule is Cc1cc(C(=O)N(CCCCl)C(C)C)ccc1Br. The minimum absolute atomic E-state index is 0.0747. The first kappa shape index (κ1) is 15.5. The second-order valence-electron chi connectivity index (χ2n) is 4.60. The van der Waals surface area contributed by atoms with Crippen molar-refractivity contribution in [3.8, 4) is 0 Å². The maximum atomic E-state index is 12.4. The molecule has 0 atom stereocenters. The normalized spacial score (nSPS) is 10.8. The van der Waals surface area contributed by atoms with Crippen molar-refractivity contribution < 1.29 is 4.79 Å². The number of halogens is 2. The summed E-state index contributed by atoms with van der Waals surface area (Å²) in [6.45, 7) is 6.74. The maximum Gasteiger partial charge on any atom is 0.254 e. The van der Waals surface area contributed by atoms with Gasteiger partial charge in [0.1, 0.15) is 0 Å². The van der Waals surface area contributed by atoms with Gasteiger partial charge in [0, 0.05) is 28.5 Å². The highest BCUT2D eigenvalue weighted by Crippen LogP contribution is 2.19. The van der Waals surface area contributed by atoms with E-state index in [0.29, 0.717) is 12.4 Å². The third kappa shape index (κ3) is 3.99. The topological polar surface area (TPSA) is 20.3 Å². The van der Waals surface area contributed by atoms with Crippen LogP contribution >= 0.6 is 27.5 Å². The molecule has 0 aromatic heterocycles. The Kier molecular flexibility index (Phi) is 6.16. The van der Waals surface area contributed by atoms with E-state index in [1.54, 1.807) is 0 Å². The summed E-state index contributed by atoms with van der Waals surface area (Å²) >= 11 is 9.15. The van der Waals surface area contributed by atoms with Crippen LogP contribution in [0.4, 0.5) is 0 Å². The average Bonchev–Trinajstić information content (AvgIpc) is 2.32. The number of nitrogens with zero attached hydrogens (tertiary/aromatic N) is 1. The van der Waals surface area contributed by atoms with Gasteiger partial charge in [0.15, 0.2) is 0 Å². The number of rotatable bonds is 5. The lowest BCUT2D eigenvalue weighted by molar-refractivity contribution is 0.0706. The quantitative estimate of drug-likeness (QED) is 0.739. The molecule has 0 bridgehead atoms. The number of carbonyl (C=O) groups is 1. The lowest BCUT2D eigenvalue weighted by Gasteiger charge is -2.26. The minimum Gasteiger partial charge on any atom is -0.336 e. The molecule has 1 aromatic carbocycles. The van der Waals surface area contributed by atoms with E-state index >= 15 is 0 Å². The van der Waals surface area contributed by atoms with Gasteiger partial charge in [0.25, 0.3) is 5.91 Å². The highest BCUT2D eigenvalue weighted by Gasteiger charge is 2.18. The molecule has 0 saturated heterocycles. The summed E-state index contributed by atoms with van der Waals surface area (Å²) in [4.78, 5) is 14.3. The van der Waals surface area contributed by atoms with Gasteiger partial charge in [-0.1, -0.05) is 15.9 Å². The summed E-state index contributed by atoms with van der Waals surface area (Å²) in [5.74, 6) is 0.654. The molecule has 0 aliphatic carbocycles. The summed E-state index contributed by atoms with van der Waals surface area (Å²) in [5.41, 5.74) is 1.81. The Balaban J connectivity index is 2.91. The standard InChI is InChI=1S/C14H19BrClNO/c1-10(2)17(8-4-7-16)14(18)12-5-6-13(15)11(3)9-12/h5-6,9-10H,4,7-8H2,1-3H3. The van der Waals surface area contributed by atoms with Crippen molar-refractivity contribution in [1.29, 1.82) is 0 Å². The van der Waals surface area contributed by atoms with Crippen LogP contribution in [0.5, 0.6) is 0 Å². The van der Waals surface area contributed by atoms with Crippen LogP contribution in [-0.4, -0.2) is 29.3 Å². The summed E-state index contributed by atoms with van der Waals surface area (Å²) in [6, 6.07) is 5.88. The zero-order valence-corrected chi connectivity index (χ0v) is 13.4. The average molecular weight is 333 g/mol. The number of hydrogen-bond donors (Lipinski definition) is 0. The van der Waals surface area contributed by atoms with Gasteiger partial charge in [-0.05, 0) is 51.0 Å². The monoisotopic (exact) mass is 331 g/mol. The predicted molar refractivity (Wildman–Crippen MR) is 80.4 cm³/mol. The molecule has 0 spiro atoms. The zero-order valence-electron chi connectivity index (χ0n) is 11.0. The Labute approximate surface area is 122 Å². The highest BCUT2D eigenvalue weighted by atomic mass is 79.9. The van der Waals surface area contributed by atoms with Crippen molar-refractivity contribution in [2.45, 2.75) is 33.2 Å². The number of benzene rings is 1. The van der Waals surface area contributed by atoms with Gasteiger partial charge in [-0.3, -0.25) is 4.79 Å². The molecule has 0 radical (unpaired) electrons. The molecular weight excluding hydrogens is 314 g/mol. The first-order valence-electron chi connectivity index (χ1n) is 6.10. The van der Waals surface area contributed by atoms with Crippen LogP contribution in [-0.2, 0) is 0 Å². The van der Waals surface area contributed by atoms with Crippen molar-refractivity contribution >= 4 is 33.4 Å². The Morgan fingerprint density at radius 1 is 1.44 bits per heavy atom. The van der Waals surface area contributed by atoms with E-state index in [0.717, 1.165) is 22.0 Å². The van der Waals surface area contributed by atoms with Crippen molar-refractivity contribution in [3.05, 3.63) is 33.8 Å². The lowest BCUT2D eigenvalue weighted by Crippen LogP contribution is -2.37. The number of hydrogen-bond acceptors (Lipinski definition) is 1. The van der Waals surface area contributed by atoms with E-state index in [9.17, 15) is 4.79 Å². The van der Waals surface area contributed by atoms with E-state index in [1.165, 1.54) is 0 Å². The van der Waals surface area contributed by atoms with E-state index in [-0.39, 0.29) is 11.9 Å². The van der Waals surface area contributed by atoms with Crippen LogP contribution in [0.3, 0.4) is 0 Å². The molecular formula is C14H19BrClNO. The molecule has 0 N–H and O–H groups in total. The fourth-order valence-corrected chi connectivity index (χ4v) is 2.13. The summed E-state index contributed by atoms with van der Waals surface area (Å²) in [6.07, 6.45) is 0.820. The second-order valence-corrected chi connectivity index (χ2v) is 5.83. The van der Waals surface area contributed by atoms with Crippen molar-refractivity contribution in [1.82, 2.24) is 4.90 Å². The van der Waals surface area contributed by atoms with Gasteiger partial charge in [-0.25, -0.2) is 0 Å². The molecule has 18 heavy (non-hydrogen) atoms. The number of carbonyl (C=O) groups excluding carboxylic acids is 1. The number of amides is 1. The van der Waals surface area contributed by atoms with Crippen molar-refractivity contribution in [3.63, 3.8) is 0 Å². The third-order valence-corrected chi connectivity index (χ3v) is 3.98. The van der Waals surface area contributed by atoms with Crippen LogP contribution < -0.4 is 0 Å². The number of aryl methyl sites for hydroxylation is 1. The van der Waals surface area contributed by atoms with E-state index in [2.05, 4.69) is 15.9 Å². The second kappa shape index (κ2) is 7.15. The van der Waals surface area contributed by atoms with Crippen molar-refractivity contribution in [2.24, 2.45) is 0 Å². The molecule has 2 nitrogen and oxygen atoms in total. The molecule has 0 heterocycles. The Hall–Kier alpha value is -0.540.